The Bertz CT molecular complexity index is 887. The highest BCUT2D eigenvalue weighted by atomic mass is 35.5. The van der Waals surface area contributed by atoms with Crippen LogP contribution in [0.3, 0.4) is 0 Å². The number of nitrogens with one attached hydrogen (secondary N) is 1. The number of rotatable bonds is 5. The third kappa shape index (κ3) is 4.04. The number of halogens is 1. The number of allylic oxidation sites excluding steroid dienone is 1. The summed E-state index contributed by atoms with van der Waals surface area (Å²) in [6.45, 7) is 0. The van der Waals surface area contributed by atoms with Gasteiger partial charge in [0.25, 0.3) is 0 Å². The van der Waals surface area contributed by atoms with Crippen molar-refractivity contribution in [2.75, 3.05) is 7.11 Å². The summed E-state index contributed by atoms with van der Waals surface area (Å²) in [6, 6.07) is 17.3. The molecule has 0 bridgehead atoms. The average molecular weight is 385 g/mol. The first-order chi connectivity index (χ1) is 12.6. The zero-order valence-electron chi connectivity index (χ0n) is 14.2. The molecule has 6 heteroatoms. The second-order valence-electron chi connectivity index (χ2n) is 5.81. The monoisotopic (exact) mass is 384 g/mol. The molecule has 3 rings (SSSR count). The fourth-order valence-electron chi connectivity index (χ4n) is 2.82. The highest BCUT2D eigenvalue weighted by Crippen LogP contribution is 2.37. The van der Waals surface area contributed by atoms with Crippen LogP contribution in [0.2, 0.25) is 5.02 Å². The van der Waals surface area contributed by atoms with Crippen LogP contribution in [0.15, 0.2) is 59.1 Å². The molecule has 0 aliphatic carbocycles. The number of ether oxygens (including phenoxy) is 1. The lowest BCUT2D eigenvalue weighted by Crippen LogP contribution is -2.30. The molecule has 2 aromatic carbocycles. The second-order valence-corrected chi connectivity index (χ2v) is 7.21. The molecule has 0 fully saturated rings. The summed E-state index contributed by atoms with van der Waals surface area (Å²) in [5, 5.41) is 13.8. The summed E-state index contributed by atoms with van der Waals surface area (Å²) in [4.78, 5) is 12.2. The maximum Gasteiger partial charge on any atom is 0.225 e. The number of thioether (sulfide) groups is 1. The van der Waals surface area contributed by atoms with Gasteiger partial charge >= 0.3 is 0 Å². The minimum Gasteiger partial charge on any atom is -0.497 e. The molecule has 2 aromatic rings. The maximum absolute atomic E-state index is 12.2. The van der Waals surface area contributed by atoms with Gasteiger partial charge in [-0.1, -0.05) is 41.9 Å². The van der Waals surface area contributed by atoms with Crippen molar-refractivity contribution in [3.8, 4) is 11.8 Å². The van der Waals surface area contributed by atoms with Crippen LogP contribution in [0, 0.1) is 11.3 Å². The lowest BCUT2D eigenvalue weighted by atomic mass is 9.87. The fourth-order valence-corrected chi connectivity index (χ4v) is 4.18. The van der Waals surface area contributed by atoms with E-state index < -0.39 is 0 Å². The van der Waals surface area contributed by atoms with Crippen LogP contribution < -0.4 is 10.1 Å². The summed E-state index contributed by atoms with van der Waals surface area (Å²) in [5.74, 6) is 0.972. The summed E-state index contributed by atoms with van der Waals surface area (Å²) in [6.07, 6.45) is 0.255. The SMILES string of the molecule is COc1ccc([C@H]2CC(=O)NC(SCc3ccccc3Cl)=C2C#N)cc1. The molecule has 0 aromatic heterocycles. The van der Waals surface area contributed by atoms with Gasteiger partial charge in [0.1, 0.15) is 5.75 Å². The number of hydrogen-bond acceptors (Lipinski definition) is 4. The van der Waals surface area contributed by atoms with Crippen molar-refractivity contribution in [2.45, 2.75) is 18.1 Å². The van der Waals surface area contributed by atoms with E-state index in [1.54, 1.807) is 7.11 Å². The van der Waals surface area contributed by atoms with Crippen molar-refractivity contribution in [1.82, 2.24) is 5.32 Å². The molecule has 4 nitrogen and oxygen atoms in total. The Kier molecular flexibility index (Phi) is 5.87. The molecule has 0 saturated carbocycles. The van der Waals surface area contributed by atoms with Gasteiger partial charge in [0.05, 0.1) is 23.8 Å². The van der Waals surface area contributed by atoms with Crippen molar-refractivity contribution in [2.24, 2.45) is 0 Å². The molecule has 0 radical (unpaired) electrons. The Balaban J connectivity index is 1.88. The zero-order chi connectivity index (χ0) is 18.5. The number of hydrogen-bond donors (Lipinski definition) is 1. The molecular formula is C20H17ClN2O2S. The molecule has 0 spiro atoms. The Morgan fingerprint density at radius 1 is 1.27 bits per heavy atom. The third-order valence-electron chi connectivity index (χ3n) is 4.20. The Hall–Kier alpha value is -2.42. The number of carbonyl (C=O) groups excluding carboxylic acids is 1. The summed E-state index contributed by atoms with van der Waals surface area (Å²) in [5.41, 5.74) is 2.46. The van der Waals surface area contributed by atoms with Crippen molar-refractivity contribution in [3.63, 3.8) is 0 Å². The number of nitrogens with zero attached hydrogens (tertiary/aromatic N) is 1. The van der Waals surface area contributed by atoms with E-state index in [1.807, 2.05) is 48.5 Å². The molecule has 1 N–H and O–H groups in total. The Morgan fingerprint density at radius 2 is 2.00 bits per heavy atom. The van der Waals surface area contributed by atoms with Gasteiger partial charge in [0.15, 0.2) is 0 Å². The molecule has 1 aliphatic rings. The number of amides is 1. The van der Waals surface area contributed by atoms with E-state index >= 15 is 0 Å². The van der Waals surface area contributed by atoms with Crippen molar-refractivity contribution in [1.29, 1.82) is 5.26 Å². The first-order valence-corrected chi connectivity index (χ1v) is 9.43. The van der Waals surface area contributed by atoms with Gasteiger partial charge in [0, 0.05) is 23.1 Å². The normalized spacial score (nSPS) is 16.8. The predicted octanol–water partition coefficient (Wildman–Crippen LogP) is 4.62. The number of carbonyl (C=O) groups is 1. The van der Waals surface area contributed by atoms with Gasteiger partial charge < -0.3 is 10.1 Å². The van der Waals surface area contributed by atoms with E-state index in [0.717, 1.165) is 16.9 Å². The van der Waals surface area contributed by atoms with Gasteiger partial charge in [-0.15, -0.1) is 11.8 Å². The molecule has 1 aliphatic heterocycles. The van der Waals surface area contributed by atoms with Crippen molar-refractivity contribution >= 4 is 29.3 Å². The van der Waals surface area contributed by atoms with Crippen LogP contribution in [0.1, 0.15) is 23.5 Å². The number of benzene rings is 2. The van der Waals surface area contributed by atoms with E-state index in [4.69, 9.17) is 16.3 Å². The van der Waals surface area contributed by atoms with Crippen LogP contribution in [0.25, 0.3) is 0 Å². The average Bonchev–Trinajstić information content (AvgIpc) is 2.67. The van der Waals surface area contributed by atoms with Gasteiger partial charge in [-0.05, 0) is 29.3 Å². The molecule has 1 heterocycles. The minimum absolute atomic E-state index is 0.0912. The Morgan fingerprint density at radius 3 is 2.65 bits per heavy atom. The first kappa shape index (κ1) is 18.4. The number of nitriles is 1. The van der Waals surface area contributed by atoms with Crippen LogP contribution in [0.5, 0.6) is 5.75 Å². The lowest BCUT2D eigenvalue weighted by molar-refractivity contribution is -0.120. The molecule has 26 heavy (non-hydrogen) atoms. The molecule has 132 valence electrons. The highest BCUT2D eigenvalue weighted by Gasteiger charge is 2.29. The van der Waals surface area contributed by atoms with Gasteiger partial charge in [-0.25, -0.2) is 0 Å². The third-order valence-corrected chi connectivity index (χ3v) is 5.64. The topological polar surface area (TPSA) is 62.1 Å². The van der Waals surface area contributed by atoms with E-state index in [-0.39, 0.29) is 18.2 Å². The summed E-state index contributed by atoms with van der Waals surface area (Å²) in [7, 11) is 1.60. The molecule has 1 atom stereocenters. The molecule has 0 unspecified atom stereocenters. The smallest absolute Gasteiger partial charge is 0.225 e. The quantitative estimate of drug-likeness (QED) is 0.816. The van der Waals surface area contributed by atoms with Gasteiger partial charge in [-0.2, -0.15) is 5.26 Å². The van der Waals surface area contributed by atoms with E-state index in [0.29, 0.717) is 21.4 Å². The minimum atomic E-state index is -0.256. The molecule has 1 amide bonds. The Labute approximate surface area is 161 Å². The maximum atomic E-state index is 12.2. The van der Waals surface area contributed by atoms with E-state index in [1.165, 1.54) is 11.8 Å². The fraction of sp³-hybridized carbons (Fsp3) is 0.200. The van der Waals surface area contributed by atoms with Crippen molar-refractivity contribution in [3.05, 3.63) is 75.3 Å². The summed E-state index contributed by atoms with van der Waals surface area (Å²) < 4.78 is 5.18. The van der Waals surface area contributed by atoms with Crippen LogP contribution in [-0.4, -0.2) is 13.0 Å². The molecule has 0 saturated heterocycles. The zero-order valence-corrected chi connectivity index (χ0v) is 15.7. The predicted molar refractivity (Wildman–Crippen MR) is 104 cm³/mol. The van der Waals surface area contributed by atoms with Crippen LogP contribution in [-0.2, 0) is 10.5 Å². The van der Waals surface area contributed by atoms with Gasteiger partial charge in [-0.3, -0.25) is 4.79 Å². The first-order valence-electron chi connectivity index (χ1n) is 8.06. The lowest BCUT2D eigenvalue weighted by Gasteiger charge is -2.25. The second kappa shape index (κ2) is 8.31. The number of methoxy groups -OCH3 is 1. The van der Waals surface area contributed by atoms with E-state index in [9.17, 15) is 10.1 Å². The van der Waals surface area contributed by atoms with Crippen molar-refractivity contribution < 1.29 is 9.53 Å². The standard InChI is InChI=1S/C20H17ClN2O2S/c1-25-15-8-6-13(7-9-15)16-10-19(24)23-20(17(16)11-22)26-12-14-4-2-3-5-18(14)21/h2-9,16H,10,12H2,1H3,(H,23,24)/t16-/m1/s1. The summed E-state index contributed by atoms with van der Waals surface area (Å²) >= 11 is 7.62. The van der Waals surface area contributed by atoms with Crippen LogP contribution in [0.4, 0.5) is 0 Å². The van der Waals surface area contributed by atoms with Gasteiger partial charge in [0.2, 0.25) is 5.91 Å². The largest absolute Gasteiger partial charge is 0.497 e. The highest BCUT2D eigenvalue weighted by molar-refractivity contribution is 8.02. The van der Waals surface area contributed by atoms with Crippen LogP contribution >= 0.6 is 23.4 Å². The van der Waals surface area contributed by atoms with E-state index in [2.05, 4.69) is 11.4 Å². The molecular weight excluding hydrogens is 368 g/mol.